The number of hydrogen-bond donors (Lipinski definition) is 3. The number of oxazole rings is 1. The summed E-state index contributed by atoms with van der Waals surface area (Å²) in [6.07, 6.45) is 0. The van der Waals surface area contributed by atoms with Gasteiger partial charge in [0.05, 0.1) is 0 Å². The van der Waals surface area contributed by atoms with Gasteiger partial charge in [0.25, 0.3) is 5.91 Å². The molecule has 0 aliphatic heterocycles. The van der Waals surface area contributed by atoms with E-state index in [0.717, 1.165) is 0 Å². The highest BCUT2D eigenvalue weighted by molar-refractivity contribution is 6.04. The topological polar surface area (TPSA) is 159 Å². The number of pyridine rings is 1. The maximum absolute atomic E-state index is 12.2. The predicted molar refractivity (Wildman–Crippen MR) is 107 cm³/mol. The van der Waals surface area contributed by atoms with Crippen LogP contribution in [-0.2, 0) is 4.79 Å². The minimum absolute atomic E-state index is 0.0987. The number of carboxylic acids is 1. The Morgan fingerprint density at radius 1 is 1.16 bits per heavy atom. The first-order valence-corrected chi connectivity index (χ1v) is 8.97. The Labute approximate surface area is 174 Å². The number of benzene rings is 2. The molecule has 0 aliphatic carbocycles. The summed E-state index contributed by atoms with van der Waals surface area (Å²) in [6.45, 7) is 1.07. The molecule has 0 spiro atoms. The zero-order valence-electron chi connectivity index (χ0n) is 16.0. The van der Waals surface area contributed by atoms with Crippen LogP contribution < -0.4 is 10.1 Å². The minimum Gasteiger partial charge on any atom is -0.505 e. The summed E-state index contributed by atoms with van der Waals surface area (Å²) < 4.78 is 11.3. The zero-order valence-corrected chi connectivity index (χ0v) is 16.0. The number of nitrogens with zero attached hydrogens (tertiary/aromatic N) is 3. The number of fused-ring (bicyclic) bond motifs is 2. The molecule has 10 nitrogen and oxygen atoms in total. The van der Waals surface area contributed by atoms with Crippen LogP contribution in [0, 0.1) is 18.3 Å². The normalized spacial score (nSPS) is 10.7. The molecule has 2 aromatic heterocycles. The average molecular weight is 418 g/mol. The second-order valence-electron chi connectivity index (χ2n) is 6.52. The Morgan fingerprint density at radius 3 is 2.65 bits per heavy atom. The summed E-state index contributed by atoms with van der Waals surface area (Å²) in [7, 11) is 0. The van der Waals surface area contributed by atoms with Crippen LogP contribution in [0.3, 0.4) is 0 Å². The smallest absolute Gasteiger partial charge is 0.322 e. The zero-order chi connectivity index (χ0) is 22.1. The largest absolute Gasteiger partial charge is 0.505 e. The highest BCUT2D eigenvalue weighted by atomic mass is 16.5. The lowest BCUT2D eigenvalue weighted by molar-refractivity contribution is -0.135. The van der Waals surface area contributed by atoms with Crippen molar-refractivity contribution in [1.82, 2.24) is 15.3 Å². The van der Waals surface area contributed by atoms with E-state index < -0.39 is 29.9 Å². The number of aliphatic carboxylic acids is 1. The summed E-state index contributed by atoms with van der Waals surface area (Å²) in [4.78, 5) is 31.0. The molecule has 0 atom stereocenters. The molecule has 4 rings (SSSR count). The molecule has 0 fully saturated rings. The van der Waals surface area contributed by atoms with E-state index in [1.165, 1.54) is 12.1 Å². The Bertz CT molecular complexity index is 1400. The van der Waals surface area contributed by atoms with Crippen molar-refractivity contribution >= 4 is 33.7 Å². The van der Waals surface area contributed by atoms with Crippen molar-refractivity contribution in [2.45, 2.75) is 6.92 Å². The molecule has 154 valence electrons. The number of aromatic hydroxyl groups is 1. The molecule has 0 bridgehead atoms. The predicted octanol–water partition coefficient (Wildman–Crippen LogP) is 2.87. The van der Waals surface area contributed by atoms with E-state index in [-0.39, 0.29) is 11.1 Å². The van der Waals surface area contributed by atoms with Gasteiger partial charge in [0, 0.05) is 23.8 Å². The second-order valence-corrected chi connectivity index (χ2v) is 6.52. The number of hydrogen-bond acceptors (Lipinski definition) is 8. The lowest BCUT2D eigenvalue weighted by atomic mass is 10.1. The quantitative estimate of drug-likeness (QED) is 0.443. The number of nitriles is 1. The van der Waals surface area contributed by atoms with Crippen LogP contribution in [0.1, 0.15) is 22.1 Å². The van der Waals surface area contributed by atoms with E-state index in [1.54, 1.807) is 31.2 Å². The van der Waals surface area contributed by atoms with Crippen molar-refractivity contribution in [3.05, 3.63) is 53.7 Å². The monoisotopic (exact) mass is 418 g/mol. The van der Waals surface area contributed by atoms with Gasteiger partial charge in [0.1, 0.15) is 35.3 Å². The molecule has 2 aromatic carbocycles. The van der Waals surface area contributed by atoms with Crippen molar-refractivity contribution < 1.29 is 29.0 Å². The molecule has 3 N–H and O–H groups in total. The standard InChI is InChI=1S/C21H14N4O6/c1-10-24-15-5-3-12(7-17(15)30-10)31-11-2-4-13-14(6-11)20(28)19(25-16(13)8-22)21(29)23-9-18(26)27/h2-7,28H,9H2,1H3,(H,23,29)(H,26,27). The summed E-state index contributed by atoms with van der Waals surface area (Å²) >= 11 is 0. The fourth-order valence-corrected chi connectivity index (χ4v) is 3.04. The Hall–Kier alpha value is -4.65. The van der Waals surface area contributed by atoms with E-state index in [0.29, 0.717) is 33.9 Å². The number of ether oxygens (including phenoxy) is 1. The van der Waals surface area contributed by atoms with Crippen LogP contribution in [0.4, 0.5) is 0 Å². The second kappa shape index (κ2) is 7.64. The molecule has 2 heterocycles. The lowest BCUT2D eigenvalue weighted by Crippen LogP contribution is -2.30. The molecule has 0 saturated heterocycles. The van der Waals surface area contributed by atoms with Gasteiger partial charge in [-0.15, -0.1) is 0 Å². The van der Waals surface area contributed by atoms with Crippen molar-refractivity contribution in [2.75, 3.05) is 6.54 Å². The van der Waals surface area contributed by atoms with Gasteiger partial charge in [-0.05, 0) is 30.3 Å². The van der Waals surface area contributed by atoms with Crippen molar-refractivity contribution in [1.29, 1.82) is 5.26 Å². The summed E-state index contributed by atoms with van der Waals surface area (Å²) in [5, 5.41) is 31.3. The van der Waals surface area contributed by atoms with Crippen LogP contribution in [0.15, 0.2) is 40.8 Å². The molecule has 0 unspecified atom stereocenters. The highest BCUT2D eigenvalue weighted by Crippen LogP contribution is 2.34. The molecule has 4 aromatic rings. The lowest BCUT2D eigenvalue weighted by Gasteiger charge is -2.11. The molecule has 31 heavy (non-hydrogen) atoms. The fraction of sp³-hybridized carbons (Fsp3) is 0.0952. The SMILES string of the molecule is Cc1nc2ccc(Oc3ccc4c(C#N)nc(C(=O)NCC(=O)O)c(O)c4c3)cc2o1. The number of carbonyl (C=O) groups excluding carboxylic acids is 1. The number of nitrogens with one attached hydrogen (secondary N) is 1. The first-order valence-electron chi connectivity index (χ1n) is 8.97. The Balaban J connectivity index is 1.74. The van der Waals surface area contributed by atoms with E-state index in [9.17, 15) is 20.0 Å². The third kappa shape index (κ3) is 3.79. The summed E-state index contributed by atoms with van der Waals surface area (Å²) in [5.74, 6) is -1.38. The molecular weight excluding hydrogens is 404 g/mol. The molecular formula is C21H14N4O6. The van der Waals surface area contributed by atoms with Crippen molar-refractivity contribution in [2.24, 2.45) is 0 Å². The van der Waals surface area contributed by atoms with Crippen LogP contribution >= 0.6 is 0 Å². The van der Waals surface area contributed by atoms with E-state index in [4.69, 9.17) is 14.3 Å². The number of carboxylic acid groups (broad SMARTS) is 1. The van der Waals surface area contributed by atoms with E-state index >= 15 is 0 Å². The van der Waals surface area contributed by atoms with Gasteiger partial charge in [-0.2, -0.15) is 5.26 Å². The van der Waals surface area contributed by atoms with Gasteiger partial charge < -0.3 is 24.7 Å². The number of aryl methyl sites for hydroxylation is 1. The molecule has 0 saturated carbocycles. The van der Waals surface area contributed by atoms with Crippen LogP contribution in [0.25, 0.3) is 21.9 Å². The van der Waals surface area contributed by atoms with Crippen LogP contribution in [0.5, 0.6) is 17.2 Å². The van der Waals surface area contributed by atoms with Gasteiger partial charge in [0.2, 0.25) is 0 Å². The van der Waals surface area contributed by atoms with Gasteiger partial charge in [-0.1, -0.05) is 0 Å². The maximum Gasteiger partial charge on any atom is 0.322 e. The van der Waals surface area contributed by atoms with Gasteiger partial charge >= 0.3 is 5.97 Å². The number of rotatable bonds is 5. The van der Waals surface area contributed by atoms with E-state index in [1.807, 2.05) is 6.07 Å². The van der Waals surface area contributed by atoms with Crippen molar-refractivity contribution in [3.8, 4) is 23.3 Å². The third-order valence-corrected chi connectivity index (χ3v) is 4.37. The minimum atomic E-state index is -1.26. The van der Waals surface area contributed by atoms with Crippen LogP contribution in [-0.4, -0.2) is 38.6 Å². The fourth-order valence-electron chi connectivity index (χ4n) is 3.04. The first-order chi connectivity index (χ1) is 14.9. The molecule has 0 radical (unpaired) electrons. The summed E-state index contributed by atoms with van der Waals surface area (Å²) in [5.41, 5.74) is 0.675. The Kier molecular flexibility index (Phi) is 4.85. The molecule has 0 aliphatic rings. The third-order valence-electron chi connectivity index (χ3n) is 4.37. The highest BCUT2D eigenvalue weighted by Gasteiger charge is 2.20. The van der Waals surface area contributed by atoms with Gasteiger partial charge in [0.15, 0.2) is 22.9 Å². The number of amides is 1. The molecule has 1 amide bonds. The number of aromatic nitrogens is 2. The Morgan fingerprint density at radius 2 is 1.90 bits per heavy atom. The number of carbonyl (C=O) groups is 2. The van der Waals surface area contributed by atoms with Gasteiger partial charge in [-0.25, -0.2) is 9.97 Å². The van der Waals surface area contributed by atoms with Crippen molar-refractivity contribution in [3.63, 3.8) is 0 Å². The molecule has 10 heteroatoms. The average Bonchev–Trinajstić information content (AvgIpc) is 3.12. The van der Waals surface area contributed by atoms with Crippen LogP contribution in [0.2, 0.25) is 0 Å². The maximum atomic E-state index is 12.2. The van der Waals surface area contributed by atoms with E-state index in [2.05, 4.69) is 15.3 Å². The summed E-state index contributed by atoms with van der Waals surface area (Å²) in [6, 6.07) is 11.6. The first kappa shape index (κ1) is 19.7. The van der Waals surface area contributed by atoms with Gasteiger partial charge in [-0.3, -0.25) is 9.59 Å².